The highest BCUT2D eigenvalue weighted by Gasteiger charge is 2.24. The van der Waals surface area contributed by atoms with E-state index >= 15 is 0 Å². The first-order chi connectivity index (χ1) is 9.13. The van der Waals surface area contributed by atoms with Crippen LogP contribution in [0.5, 0.6) is 0 Å². The second-order valence-corrected chi connectivity index (χ2v) is 5.18. The van der Waals surface area contributed by atoms with Gasteiger partial charge in [-0.25, -0.2) is 0 Å². The van der Waals surface area contributed by atoms with Crippen molar-refractivity contribution in [3.8, 4) is 0 Å². The minimum Gasteiger partial charge on any atom is -0.451 e. The molecule has 1 aromatic heterocycles. The Morgan fingerprint density at radius 3 is 2.79 bits per heavy atom. The van der Waals surface area contributed by atoms with Crippen LogP contribution in [0.3, 0.4) is 0 Å². The molecule has 2 heterocycles. The summed E-state index contributed by atoms with van der Waals surface area (Å²) in [6, 6.07) is 7.70. The van der Waals surface area contributed by atoms with Gasteiger partial charge in [-0.2, -0.15) is 0 Å². The van der Waals surface area contributed by atoms with Crippen LogP contribution in [0.4, 0.5) is 0 Å². The van der Waals surface area contributed by atoms with Crippen molar-refractivity contribution >= 4 is 16.9 Å². The van der Waals surface area contributed by atoms with E-state index in [-0.39, 0.29) is 12.0 Å². The normalized spacial score (nSPS) is 17.1. The molecule has 1 aliphatic rings. The van der Waals surface area contributed by atoms with Crippen LogP contribution in [0, 0.1) is 6.92 Å². The van der Waals surface area contributed by atoms with E-state index in [2.05, 4.69) is 0 Å². The molecule has 1 N–H and O–H groups in total. The molecule has 1 aliphatic heterocycles. The average molecular weight is 259 g/mol. The van der Waals surface area contributed by atoms with Crippen LogP contribution in [0.2, 0.25) is 0 Å². The first kappa shape index (κ1) is 12.2. The lowest BCUT2D eigenvalue weighted by molar-refractivity contribution is 0.0522. The molecular formula is C15H17NO3. The van der Waals surface area contributed by atoms with Crippen LogP contribution in [0.25, 0.3) is 11.0 Å². The second-order valence-electron chi connectivity index (χ2n) is 5.18. The molecule has 1 amide bonds. The summed E-state index contributed by atoms with van der Waals surface area (Å²) in [4.78, 5) is 14.1. The van der Waals surface area contributed by atoms with E-state index < -0.39 is 0 Å². The lowest BCUT2D eigenvalue weighted by Gasteiger charge is -2.28. The van der Waals surface area contributed by atoms with E-state index in [1.807, 2.05) is 25.1 Å². The number of carbonyl (C=O) groups is 1. The molecule has 19 heavy (non-hydrogen) atoms. The number of carbonyl (C=O) groups excluding carboxylic acids is 1. The van der Waals surface area contributed by atoms with Gasteiger partial charge in [0.2, 0.25) is 0 Å². The number of rotatable bonds is 1. The van der Waals surface area contributed by atoms with E-state index in [4.69, 9.17) is 4.42 Å². The minimum atomic E-state index is -0.276. The molecule has 1 fully saturated rings. The predicted octanol–water partition coefficient (Wildman–Crippen LogP) is 2.34. The maximum absolute atomic E-state index is 12.3. The monoisotopic (exact) mass is 259 g/mol. The number of fused-ring (bicyclic) bond motifs is 1. The summed E-state index contributed by atoms with van der Waals surface area (Å²) in [7, 11) is 0. The van der Waals surface area contributed by atoms with Gasteiger partial charge in [0.05, 0.1) is 6.10 Å². The molecule has 0 bridgehead atoms. The van der Waals surface area contributed by atoms with E-state index in [9.17, 15) is 9.90 Å². The van der Waals surface area contributed by atoms with E-state index in [1.54, 1.807) is 11.0 Å². The fourth-order valence-corrected chi connectivity index (χ4v) is 2.47. The number of benzene rings is 1. The maximum atomic E-state index is 12.3. The summed E-state index contributed by atoms with van der Waals surface area (Å²) >= 11 is 0. The van der Waals surface area contributed by atoms with Gasteiger partial charge in [-0.15, -0.1) is 0 Å². The Hall–Kier alpha value is -1.81. The zero-order valence-electron chi connectivity index (χ0n) is 10.9. The van der Waals surface area contributed by atoms with Gasteiger partial charge in [0.25, 0.3) is 5.91 Å². The lowest BCUT2D eigenvalue weighted by atomic mass is 10.1. The fourth-order valence-electron chi connectivity index (χ4n) is 2.47. The van der Waals surface area contributed by atoms with Gasteiger partial charge in [0, 0.05) is 18.5 Å². The third kappa shape index (κ3) is 2.36. The van der Waals surface area contributed by atoms with Crippen LogP contribution >= 0.6 is 0 Å². The molecule has 2 aromatic rings. The number of likely N-dealkylation sites (tertiary alicyclic amines) is 1. The van der Waals surface area contributed by atoms with Crippen molar-refractivity contribution in [3.63, 3.8) is 0 Å². The van der Waals surface area contributed by atoms with E-state index in [0.717, 1.165) is 16.5 Å². The molecule has 4 heteroatoms. The molecule has 1 aromatic carbocycles. The third-order valence-corrected chi connectivity index (χ3v) is 3.64. The average Bonchev–Trinajstić information content (AvgIpc) is 2.81. The molecule has 0 saturated carbocycles. The second kappa shape index (κ2) is 4.70. The number of nitrogens with zero attached hydrogens (tertiary/aromatic N) is 1. The van der Waals surface area contributed by atoms with Crippen LogP contribution in [0.15, 0.2) is 28.7 Å². The molecule has 3 rings (SSSR count). The number of aliphatic hydroxyl groups is 1. The molecule has 0 unspecified atom stereocenters. The van der Waals surface area contributed by atoms with Crippen molar-refractivity contribution in [2.45, 2.75) is 25.9 Å². The van der Waals surface area contributed by atoms with Gasteiger partial charge in [0.15, 0.2) is 5.76 Å². The van der Waals surface area contributed by atoms with Crippen molar-refractivity contribution in [3.05, 3.63) is 35.6 Å². The molecule has 0 radical (unpaired) electrons. The Kier molecular flexibility index (Phi) is 3.03. The van der Waals surface area contributed by atoms with E-state index in [1.165, 1.54) is 0 Å². The molecule has 0 aliphatic carbocycles. The highest BCUT2D eigenvalue weighted by molar-refractivity contribution is 5.96. The highest BCUT2D eigenvalue weighted by Crippen LogP contribution is 2.22. The first-order valence-electron chi connectivity index (χ1n) is 6.61. The van der Waals surface area contributed by atoms with Gasteiger partial charge in [-0.05, 0) is 37.5 Å². The number of amides is 1. The number of aliphatic hydroxyl groups excluding tert-OH is 1. The van der Waals surface area contributed by atoms with Crippen LogP contribution < -0.4 is 0 Å². The Morgan fingerprint density at radius 1 is 1.32 bits per heavy atom. The maximum Gasteiger partial charge on any atom is 0.289 e. The van der Waals surface area contributed by atoms with Crippen molar-refractivity contribution < 1.29 is 14.3 Å². The van der Waals surface area contributed by atoms with Crippen molar-refractivity contribution in [2.75, 3.05) is 13.1 Å². The number of furan rings is 1. The molecule has 0 atom stereocenters. The molecule has 100 valence electrons. The van der Waals surface area contributed by atoms with Crippen molar-refractivity contribution in [1.82, 2.24) is 4.90 Å². The number of piperidine rings is 1. The van der Waals surface area contributed by atoms with Crippen molar-refractivity contribution in [1.29, 1.82) is 0 Å². The number of aryl methyl sites for hydroxylation is 1. The number of hydrogen-bond acceptors (Lipinski definition) is 3. The smallest absolute Gasteiger partial charge is 0.289 e. The SMILES string of the molecule is Cc1ccc2cc(C(=O)N3CCC(O)CC3)oc2c1. The number of hydrogen-bond donors (Lipinski definition) is 1. The summed E-state index contributed by atoms with van der Waals surface area (Å²) in [5.74, 6) is 0.303. The summed E-state index contributed by atoms with van der Waals surface area (Å²) in [6.07, 6.45) is 1.01. The Bertz CT molecular complexity index is 609. The summed E-state index contributed by atoms with van der Waals surface area (Å²) < 4.78 is 5.64. The zero-order valence-corrected chi connectivity index (χ0v) is 10.9. The summed E-state index contributed by atoms with van der Waals surface area (Å²) in [5, 5.41) is 10.4. The van der Waals surface area contributed by atoms with Gasteiger partial charge < -0.3 is 14.4 Å². The predicted molar refractivity (Wildman–Crippen MR) is 72.1 cm³/mol. The molecule has 0 spiro atoms. The topological polar surface area (TPSA) is 53.7 Å². The standard InChI is InChI=1S/C15H17NO3/c1-10-2-3-11-9-14(19-13(11)8-10)15(18)16-6-4-12(17)5-7-16/h2-3,8-9,12,17H,4-7H2,1H3. The van der Waals surface area contributed by atoms with Crippen molar-refractivity contribution in [2.24, 2.45) is 0 Å². The van der Waals surface area contributed by atoms with Gasteiger partial charge >= 0.3 is 0 Å². The largest absolute Gasteiger partial charge is 0.451 e. The lowest BCUT2D eigenvalue weighted by Crippen LogP contribution is -2.39. The molecular weight excluding hydrogens is 242 g/mol. The van der Waals surface area contributed by atoms with E-state index in [0.29, 0.717) is 31.7 Å². The molecule has 4 nitrogen and oxygen atoms in total. The van der Waals surface area contributed by atoms with Crippen LogP contribution in [-0.4, -0.2) is 35.1 Å². The Balaban J connectivity index is 1.85. The van der Waals surface area contributed by atoms with Gasteiger partial charge in [-0.3, -0.25) is 4.79 Å². The van der Waals surface area contributed by atoms with Gasteiger partial charge in [-0.1, -0.05) is 12.1 Å². The Labute approximate surface area is 111 Å². The van der Waals surface area contributed by atoms with Crippen LogP contribution in [-0.2, 0) is 0 Å². The summed E-state index contributed by atoms with van der Waals surface area (Å²) in [6.45, 7) is 3.18. The van der Waals surface area contributed by atoms with Gasteiger partial charge in [0.1, 0.15) is 5.58 Å². The fraction of sp³-hybridized carbons (Fsp3) is 0.400. The van der Waals surface area contributed by atoms with Crippen LogP contribution in [0.1, 0.15) is 29.0 Å². The highest BCUT2D eigenvalue weighted by atomic mass is 16.3. The minimum absolute atomic E-state index is 0.0826. The first-order valence-corrected chi connectivity index (χ1v) is 6.61. The molecule has 1 saturated heterocycles. The third-order valence-electron chi connectivity index (χ3n) is 3.64. The summed E-state index contributed by atoms with van der Waals surface area (Å²) in [5.41, 5.74) is 1.86. The Morgan fingerprint density at radius 2 is 2.05 bits per heavy atom. The quantitative estimate of drug-likeness (QED) is 0.855. The zero-order chi connectivity index (χ0) is 13.4.